The first-order valence-corrected chi connectivity index (χ1v) is 4.93. The monoisotopic (exact) mass is 293 g/mol. The van der Waals surface area contributed by atoms with E-state index >= 15 is 0 Å². The van der Waals surface area contributed by atoms with E-state index in [2.05, 4.69) is 15.9 Å². The summed E-state index contributed by atoms with van der Waals surface area (Å²) < 4.78 is 37.5. The number of carbonyl (C=O) groups is 1. The molecule has 0 radical (unpaired) electrons. The largest absolute Gasteiger partial charge is 0.416 e. The summed E-state index contributed by atoms with van der Waals surface area (Å²) in [4.78, 5) is 10.4. The molecule has 0 fully saturated rings. The molecule has 1 aromatic rings. The second-order valence-corrected chi connectivity index (χ2v) is 3.92. The van der Waals surface area contributed by atoms with Crippen molar-refractivity contribution in [2.75, 3.05) is 0 Å². The lowest BCUT2D eigenvalue weighted by Gasteiger charge is -2.08. The minimum Gasteiger partial charge on any atom is -0.366 e. The van der Waals surface area contributed by atoms with Gasteiger partial charge in [0.05, 0.1) is 5.56 Å². The molecular formula is C10H7BrF3NO. The lowest BCUT2D eigenvalue weighted by atomic mass is 10.1. The van der Waals surface area contributed by atoms with Crippen molar-refractivity contribution < 1.29 is 18.0 Å². The minimum atomic E-state index is -4.42. The molecule has 0 saturated carbocycles. The number of benzene rings is 1. The van der Waals surface area contributed by atoms with Crippen molar-refractivity contribution in [2.45, 2.75) is 6.18 Å². The number of amides is 1. The Kier molecular flexibility index (Phi) is 3.74. The van der Waals surface area contributed by atoms with Crippen LogP contribution in [0.15, 0.2) is 28.7 Å². The van der Waals surface area contributed by atoms with Crippen molar-refractivity contribution in [3.05, 3.63) is 39.9 Å². The van der Waals surface area contributed by atoms with E-state index in [0.29, 0.717) is 0 Å². The predicted octanol–water partition coefficient (Wildman–Crippen LogP) is 2.97. The minimum absolute atomic E-state index is 0.250. The highest BCUT2D eigenvalue weighted by molar-refractivity contribution is 9.10. The van der Waals surface area contributed by atoms with Gasteiger partial charge < -0.3 is 5.73 Å². The Bertz CT molecular complexity index is 440. The van der Waals surface area contributed by atoms with Crippen molar-refractivity contribution in [2.24, 2.45) is 5.73 Å². The van der Waals surface area contributed by atoms with Crippen LogP contribution in [0.25, 0.3) is 6.08 Å². The molecule has 2 nitrogen and oxygen atoms in total. The Morgan fingerprint density at radius 3 is 2.44 bits per heavy atom. The fourth-order valence-corrected chi connectivity index (χ4v) is 1.56. The van der Waals surface area contributed by atoms with Crippen LogP contribution < -0.4 is 5.73 Å². The van der Waals surface area contributed by atoms with Gasteiger partial charge in [-0.1, -0.05) is 15.9 Å². The van der Waals surface area contributed by atoms with Crippen LogP contribution in [0, 0.1) is 0 Å². The average Bonchev–Trinajstić information content (AvgIpc) is 2.12. The Labute approximate surface area is 98.1 Å². The van der Waals surface area contributed by atoms with E-state index in [1.54, 1.807) is 0 Å². The molecule has 0 aliphatic heterocycles. The predicted molar refractivity (Wildman–Crippen MR) is 57.4 cm³/mol. The van der Waals surface area contributed by atoms with Crippen molar-refractivity contribution in [3.63, 3.8) is 0 Å². The molecule has 0 aliphatic carbocycles. The fourth-order valence-electron chi connectivity index (χ4n) is 1.05. The summed E-state index contributed by atoms with van der Waals surface area (Å²) in [5, 5.41) is 0. The summed E-state index contributed by atoms with van der Waals surface area (Å²) in [6.45, 7) is 0. The van der Waals surface area contributed by atoms with Crippen LogP contribution in [0.2, 0.25) is 0 Å². The molecule has 0 atom stereocenters. The van der Waals surface area contributed by atoms with Gasteiger partial charge in [-0.25, -0.2) is 0 Å². The molecule has 86 valence electrons. The molecular weight excluding hydrogens is 287 g/mol. The van der Waals surface area contributed by atoms with Crippen molar-refractivity contribution in [1.82, 2.24) is 0 Å². The van der Waals surface area contributed by atoms with E-state index in [-0.39, 0.29) is 10.0 Å². The molecule has 0 heterocycles. The quantitative estimate of drug-likeness (QED) is 0.837. The maximum absolute atomic E-state index is 12.4. The van der Waals surface area contributed by atoms with Crippen LogP contribution in [-0.2, 0) is 11.0 Å². The molecule has 0 aliphatic rings. The van der Waals surface area contributed by atoms with Gasteiger partial charge in [-0.2, -0.15) is 13.2 Å². The van der Waals surface area contributed by atoms with Gasteiger partial charge in [0.15, 0.2) is 0 Å². The SMILES string of the molecule is NC(=O)/C=C\c1cc(Br)cc(C(F)(F)F)c1. The Morgan fingerprint density at radius 1 is 1.31 bits per heavy atom. The number of carbonyl (C=O) groups excluding carboxylic acids is 1. The molecule has 1 amide bonds. The first kappa shape index (κ1) is 12.8. The maximum atomic E-state index is 12.4. The summed E-state index contributed by atoms with van der Waals surface area (Å²) in [7, 11) is 0. The van der Waals surface area contributed by atoms with Crippen LogP contribution in [0.5, 0.6) is 0 Å². The number of rotatable bonds is 2. The topological polar surface area (TPSA) is 43.1 Å². The molecule has 1 aromatic carbocycles. The lowest BCUT2D eigenvalue weighted by Crippen LogP contribution is -2.06. The number of nitrogens with two attached hydrogens (primary N) is 1. The summed E-state index contributed by atoms with van der Waals surface area (Å²) >= 11 is 2.96. The third-order valence-corrected chi connectivity index (χ3v) is 2.15. The standard InChI is InChI=1S/C10H7BrF3NO/c11-8-4-6(1-2-9(15)16)3-7(5-8)10(12,13)14/h1-5H,(H2,15,16)/b2-1-. The highest BCUT2D eigenvalue weighted by Gasteiger charge is 2.30. The molecule has 0 bridgehead atoms. The molecule has 0 spiro atoms. The number of hydrogen-bond acceptors (Lipinski definition) is 1. The molecule has 0 unspecified atom stereocenters. The molecule has 16 heavy (non-hydrogen) atoms. The van der Waals surface area contributed by atoms with Gasteiger partial charge in [0.1, 0.15) is 0 Å². The number of primary amides is 1. The van der Waals surface area contributed by atoms with Crippen molar-refractivity contribution in [3.8, 4) is 0 Å². The van der Waals surface area contributed by atoms with Gasteiger partial charge >= 0.3 is 6.18 Å². The number of halogens is 4. The van der Waals surface area contributed by atoms with Gasteiger partial charge in [-0.15, -0.1) is 0 Å². The van der Waals surface area contributed by atoms with Crippen LogP contribution in [0.3, 0.4) is 0 Å². The van der Waals surface area contributed by atoms with E-state index in [1.807, 2.05) is 0 Å². The van der Waals surface area contributed by atoms with Crippen molar-refractivity contribution in [1.29, 1.82) is 0 Å². The Hall–Kier alpha value is -1.30. The second kappa shape index (κ2) is 4.69. The summed E-state index contributed by atoms with van der Waals surface area (Å²) in [5.74, 6) is -0.714. The molecule has 0 saturated heterocycles. The van der Waals surface area contributed by atoms with E-state index < -0.39 is 17.6 Å². The summed E-state index contributed by atoms with van der Waals surface area (Å²) in [5.41, 5.74) is 4.31. The van der Waals surface area contributed by atoms with Crippen molar-refractivity contribution >= 4 is 27.9 Å². The average molecular weight is 294 g/mol. The maximum Gasteiger partial charge on any atom is 0.416 e. The van der Waals surface area contributed by atoms with E-state index in [0.717, 1.165) is 18.2 Å². The third-order valence-electron chi connectivity index (χ3n) is 1.69. The fraction of sp³-hybridized carbons (Fsp3) is 0.100. The van der Waals surface area contributed by atoms with Gasteiger partial charge in [0.25, 0.3) is 0 Å². The van der Waals surface area contributed by atoms with Crippen LogP contribution >= 0.6 is 15.9 Å². The summed E-state index contributed by atoms with van der Waals surface area (Å²) in [6, 6.07) is 3.35. The van der Waals surface area contributed by atoms with E-state index in [1.165, 1.54) is 12.1 Å². The lowest BCUT2D eigenvalue weighted by molar-refractivity contribution is -0.137. The normalized spacial score (nSPS) is 12.0. The highest BCUT2D eigenvalue weighted by Crippen LogP contribution is 2.32. The van der Waals surface area contributed by atoms with Crippen LogP contribution in [0.4, 0.5) is 13.2 Å². The van der Waals surface area contributed by atoms with E-state index in [4.69, 9.17) is 5.73 Å². The van der Waals surface area contributed by atoms with Crippen LogP contribution in [-0.4, -0.2) is 5.91 Å². The Morgan fingerprint density at radius 2 is 1.94 bits per heavy atom. The zero-order chi connectivity index (χ0) is 12.3. The number of alkyl halides is 3. The number of hydrogen-bond donors (Lipinski definition) is 1. The second-order valence-electron chi connectivity index (χ2n) is 3.01. The zero-order valence-electron chi connectivity index (χ0n) is 7.88. The van der Waals surface area contributed by atoms with Gasteiger partial charge in [-0.3, -0.25) is 4.79 Å². The van der Waals surface area contributed by atoms with E-state index in [9.17, 15) is 18.0 Å². The zero-order valence-corrected chi connectivity index (χ0v) is 9.47. The highest BCUT2D eigenvalue weighted by atomic mass is 79.9. The Balaban J connectivity index is 3.13. The van der Waals surface area contributed by atoms with Gasteiger partial charge in [-0.05, 0) is 29.8 Å². The first-order chi connectivity index (χ1) is 7.29. The smallest absolute Gasteiger partial charge is 0.366 e. The molecule has 6 heteroatoms. The third kappa shape index (κ3) is 3.69. The van der Waals surface area contributed by atoms with Gasteiger partial charge in [0.2, 0.25) is 5.91 Å². The molecule has 1 rings (SSSR count). The molecule has 2 N–H and O–H groups in total. The molecule has 0 aromatic heterocycles. The van der Waals surface area contributed by atoms with Gasteiger partial charge in [0, 0.05) is 10.5 Å². The first-order valence-electron chi connectivity index (χ1n) is 4.14. The summed E-state index contributed by atoms with van der Waals surface area (Å²) in [6.07, 6.45) is -2.19. The van der Waals surface area contributed by atoms with Crippen LogP contribution in [0.1, 0.15) is 11.1 Å².